The molecule has 1 atom stereocenters. The van der Waals surface area contributed by atoms with Crippen molar-refractivity contribution in [1.29, 1.82) is 0 Å². The average Bonchev–Trinajstić information content (AvgIpc) is 2.46. The molecule has 0 aliphatic carbocycles. The summed E-state index contributed by atoms with van der Waals surface area (Å²) in [6.45, 7) is 6.29. The van der Waals surface area contributed by atoms with E-state index in [4.69, 9.17) is 4.74 Å². The van der Waals surface area contributed by atoms with Gasteiger partial charge in [0.05, 0.1) is 24.1 Å². The first-order valence-electron chi connectivity index (χ1n) is 6.92. The van der Waals surface area contributed by atoms with Gasteiger partial charge in [-0.3, -0.25) is 14.9 Å². The molecule has 116 valence electrons. The summed E-state index contributed by atoms with van der Waals surface area (Å²) >= 11 is 0. The molecule has 0 aromatic heterocycles. The van der Waals surface area contributed by atoms with Gasteiger partial charge < -0.3 is 15.4 Å². The van der Waals surface area contributed by atoms with Gasteiger partial charge in [-0.1, -0.05) is 6.92 Å². The number of carbonyl (C=O) groups is 1. The van der Waals surface area contributed by atoms with Gasteiger partial charge in [0, 0.05) is 6.04 Å². The highest BCUT2D eigenvalue weighted by atomic mass is 16.6. The van der Waals surface area contributed by atoms with E-state index >= 15 is 0 Å². The molecule has 0 aliphatic rings. The summed E-state index contributed by atoms with van der Waals surface area (Å²) in [6, 6.07) is 4.59. The second-order valence-corrected chi connectivity index (χ2v) is 4.61. The third kappa shape index (κ3) is 5.39. The van der Waals surface area contributed by atoms with Gasteiger partial charge in [0.15, 0.2) is 0 Å². The first kappa shape index (κ1) is 16.9. The molecular weight excluding hydrogens is 274 g/mol. The van der Waals surface area contributed by atoms with E-state index in [1.54, 1.807) is 13.0 Å². The largest absolute Gasteiger partial charge is 0.494 e. The van der Waals surface area contributed by atoms with E-state index in [0.29, 0.717) is 12.4 Å². The minimum atomic E-state index is -0.541. The van der Waals surface area contributed by atoms with Crippen LogP contribution in [0.25, 0.3) is 0 Å². The predicted molar refractivity (Wildman–Crippen MR) is 80.7 cm³/mol. The molecule has 1 aromatic rings. The Morgan fingerprint density at radius 2 is 2.14 bits per heavy atom. The minimum Gasteiger partial charge on any atom is -0.494 e. The third-order valence-corrected chi connectivity index (χ3v) is 2.97. The number of nitrogens with one attached hydrogen (secondary N) is 2. The van der Waals surface area contributed by atoms with Crippen molar-refractivity contribution in [2.24, 2.45) is 0 Å². The molecule has 21 heavy (non-hydrogen) atoms. The molecule has 1 rings (SSSR count). The lowest BCUT2D eigenvalue weighted by atomic mass is 10.2. The summed E-state index contributed by atoms with van der Waals surface area (Å²) in [7, 11) is 0. The van der Waals surface area contributed by atoms with Gasteiger partial charge in [0.2, 0.25) is 5.91 Å². The van der Waals surface area contributed by atoms with Crippen LogP contribution in [0.2, 0.25) is 0 Å². The van der Waals surface area contributed by atoms with Crippen LogP contribution < -0.4 is 15.4 Å². The van der Waals surface area contributed by atoms with Gasteiger partial charge in [0.25, 0.3) is 5.69 Å². The highest BCUT2D eigenvalue weighted by molar-refractivity contribution is 5.94. The van der Waals surface area contributed by atoms with Crippen LogP contribution in [0.4, 0.5) is 11.4 Å². The number of anilines is 1. The molecule has 7 heteroatoms. The molecule has 0 heterocycles. The SMILES string of the molecule is CCOc1ccc(NC(=O)CNC(C)CC)c([N+](=O)[O-])c1. The standard InChI is InChI=1S/C14H21N3O4/c1-4-10(3)15-9-14(18)16-12-7-6-11(21-5-2)8-13(12)17(19)20/h6-8,10,15H,4-5,9H2,1-3H3,(H,16,18). The molecule has 0 aliphatic heterocycles. The highest BCUT2D eigenvalue weighted by Crippen LogP contribution is 2.29. The first-order valence-corrected chi connectivity index (χ1v) is 6.92. The van der Waals surface area contributed by atoms with E-state index in [9.17, 15) is 14.9 Å². The smallest absolute Gasteiger partial charge is 0.296 e. The van der Waals surface area contributed by atoms with E-state index in [2.05, 4.69) is 10.6 Å². The molecule has 0 saturated heterocycles. The van der Waals surface area contributed by atoms with Crippen molar-refractivity contribution in [1.82, 2.24) is 5.32 Å². The number of benzene rings is 1. The molecule has 0 fully saturated rings. The van der Waals surface area contributed by atoms with Crippen molar-refractivity contribution < 1.29 is 14.5 Å². The Labute approximate surface area is 123 Å². The number of carbonyl (C=O) groups excluding carboxylic acids is 1. The summed E-state index contributed by atoms with van der Waals surface area (Å²) in [5.41, 5.74) is -0.0164. The second-order valence-electron chi connectivity index (χ2n) is 4.61. The lowest BCUT2D eigenvalue weighted by Crippen LogP contribution is -2.34. The average molecular weight is 295 g/mol. The summed E-state index contributed by atoms with van der Waals surface area (Å²) in [4.78, 5) is 22.3. The maximum Gasteiger partial charge on any atom is 0.296 e. The lowest BCUT2D eigenvalue weighted by Gasteiger charge is -2.12. The Kier molecular flexibility index (Phi) is 6.61. The molecule has 0 spiro atoms. The number of nitro benzene ring substituents is 1. The quantitative estimate of drug-likeness (QED) is 0.567. The highest BCUT2D eigenvalue weighted by Gasteiger charge is 2.17. The normalized spacial score (nSPS) is 11.8. The van der Waals surface area contributed by atoms with Gasteiger partial charge in [0.1, 0.15) is 11.4 Å². The molecule has 0 radical (unpaired) electrons. The first-order chi connectivity index (χ1) is 9.97. The van der Waals surface area contributed by atoms with Crippen molar-refractivity contribution in [2.45, 2.75) is 33.2 Å². The van der Waals surface area contributed by atoms with Crippen molar-refractivity contribution in [2.75, 3.05) is 18.5 Å². The molecule has 0 bridgehead atoms. The van der Waals surface area contributed by atoms with Gasteiger partial charge in [-0.05, 0) is 32.4 Å². The fourth-order valence-corrected chi connectivity index (χ4v) is 1.63. The number of hydrogen-bond donors (Lipinski definition) is 2. The monoisotopic (exact) mass is 295 g/mol. The van der Waals surface area contributed by atoms with Crippen molar-refractivity contribution in [3.8, 4) is 5.75 Å². The van der Waals surface area contributed by atoms with Crippen LogP contribution in [0.5, 0.6) is 5.75 Å². The van der Waals surface area contributed by atoms with Crippen LogP contribution in [0.1, 0.15) is 27.2 Å². The van der Waals surface area contributed by atoms with Crippen LogP contribution in [0.15, 0.2) is 18.2 Å². The van der Waals surface area contributed by atoms with Crippen LogP contribution in [-0.4, -0.2) is 30.0 Å². The van der Waals surface area contributed by atoms with Crippen LogP contribution >= 0.6 is 0 Å². The Morgan fingerprint density at radius 3 is 2.71 bits per heavy atom. The number of rotatable bonds is 8. The van der Waals surface area contributed by atoms with Crippen molar-refractivity contribution in [3.63, 3.8) is 0 Å². The zero-order valence-corrected chi connectivity index (χ0v) is 12.5. The maximum absolute atomic E-state index is 11.8. The number of hydrogen-bond acceptors (Lipinski definition) is 5. The summed E-state index contributed by atoms with van der Waals surface area (Å²) in [5.74, 6) is 0.0856. The van der Waals surface area contributed by atoms with Crippen LogP contribution in [0.3, 0.4) is 0 Å². The second kappa shape index (κ2) is 8.21. The van der Waals surface area contributed by atoms with Crippen molar-refractivity contribution >= 4 is 17.3 Å². The number of amides is 1. The molecular formula is C14H21N3O4. The fourth-order valence-electron chi connectivity index (χ4n) is 1.63. The Hall–Kier alpha value is -2.15. The zero-order chi connectivity index (χ0) is 15.8. The molecule has 7 nitrogen and oxygen atoms in total. The van der Waals surface area contributed by atoms with E-state index in [1.165, 1.54) is 12.1 Å². The molecule has 1 amide bonds. The van der Waals surface area contributed by atoms with Crippen LogP contribution in [0, 0.1) is 10.1 Å². The third-order valence-electron chi connectivity index (χ3n) is 2.97. The van der Waals surface area contributed by atoms with Gasteiger partial charge in [-0.15, -0.1) is 0 Å². The summed E-state index contributed by atoms with van der Waals surface area (Å²) in [5, 5.41) is 16.6. The van der Waals surface area contributed by atoms with E-state index in [-0.39, 0.29) is 29.9 Å². The number of nitrogens with zero attached hydrogens (tertiary/aromatic N) is 1. The minimum absolute atomic E-state index is 0.110. The van der Waals surface area contributed by atoms with E-state index in [1.807, 2.05) is 13.8 Å². The topological polar surface area (TPSA) is 93.5 Å². The Morgan fingerprint density at radius 1 is 1.43 bits per heavy atom. The zero-order valence-electron chi connectivity index (χ0n) is 12.5. The number of ether oxygens (including phenoxy) is 1. The summed E-state index contributed by atoms with van der Waals surface area (Å²) in [6.07, 6.45) is 0.899. The summed E-state index contributed by atoms with van der Waals surface area (Å²) < 4.78 is 5.22. The fraction of sp³-hybridized carbons (Fsp3) is 0.500. The Bertz CT molecular complexity index is 505. The van der Waals surface area contributed by atoms with E-state index < -0.39 is 4.92 Å². The van der Waals surface area contributed by atoms with Gasteiger partial charge >= 0.3 is 0 Å². The van der Waals surface area contributed by atoms with Crippen molar-refractivity contribution in [3.05, 3.63) is 28.3 Å². The molecule has 1 aromatic carbocycles. The molecule has 2 N–H and O–H groups in total. The van der Waals surface area contributed by atoms with Gasteiger partial charge in [-0.25, -0.2) is 0 Å². The lowest BCUT2D eigenvalue weighted by molar-refractivity contribution is -0.384. The Balaban J connectivity index is 2.77. The van der Waals surface area contributed by atoms with E-state index in [0.717, 1.165) is 6.42 Å². The number of nitro groups is 1. The predicted octanol–water partition coefficient (Wildman–Crippen LogP) is 2.32. The maximum atomic E-state index is 11.8. The van der Waals surface area contributed by atoms with Crippen LogP contribution in [-0.2, 0) is 4.79 Å². The molecule has 0 saturated carbocycles. The van der Waals surface area contributed by atoms with Gasteiger partial charge in [-0.2, -0.15) is 0 Å². The molecule has 1 unspecified atom stereocenters.